The molecular weight excluding hydrogens is 292 g/mol. The van der Waals surface area contributed by atoms with Crippen LogP contribution >= 0.6 is 0 Å². The maximum absolute atomic E-state index is 11.4. The van der Waals surface area contributed by atoms with Gasteiger partial charge in [0.1, 0.15) is 12.0 Å². The minimum atomic E-state index is -1.85. The summed E-state index contributed by atoms with van der Waals surface area (Å²) in [5.41, 5.74) is 0. The molecule has 1 aromatic heterocycles. The third kappa shape index (κ3) is 2.83. The van der Waals surface area contributed by atoms with Crippen LogP contribution in [-0.4, -0.2) is 26.2 Å². The molecule has 2 rings (SSSR count). The van der Waals surface area contributed by atoms with E-state index in [-0.39, 0.29) is 16.2 Å². The lowest BCUT2D eigenvalue weighted by Gasteiger charge is -2.56. The van der Waals surface area contributed by atoms with Gasteiger partial charge in [-0.1, -0.05) is 33.9 Å². The summed E-state index contributed by atoms with van der Waals surface area (Å²) in [5, 5.41) is -0.0413. The van der Waals surface area contributed by atoms with E-state index in [1.807, 2.05) is 12.1 Å². The molecule has 4 heteroatoms. The van der Waals surface area contributed by atoms with Crippen LogP contribution in [0.5, 0.6) is 0 Å². The van der Waals surface area contributed by atoms with Crippen molar-refractivity contribution >= 4 is 14.4 Å². The summed E-state index contributed by atoms with van der Waals surface area (Å²) in [6, 6.07) is 3.91. The van der Waals surface area contributed by atoms with E-state index in [0.717, 1.165) is 31.5 Å². The van der Waals surface area contributed by atoms with Gasteiger partial charge in [-0.3, -0.25) is 0 Å². The molecule has 2 heterocycles. The molecule has 2 unspecified atom stereocenters. The van der Waals surface area contributed by atoms with Gasteiger partial charge >= 0.3 is 0 Å². The van der Waals surface area contributed by atoms with Crippen molar-refractivity contribution in [3.8, 4) is 0 Å². The summed E-state index contributed by atoms with van der Waals surface area (Å²) in [6.07, 6.45) is 6.52. The van der Waals surface area contributed by atoms with Gasteiger partial charge < -0.3 is 13.9 Å². The third-order valence-electron chi connectivity index (χ3n) is 6.02. The fourth-order valence-electron chi connectivity index (χ4n) is 3.78. The summed E-state index contributed by atoms with van der Waals surface area (Å²) < 4.78 is 12.3. The molecule has 0 aliphatic carbocycles. The summed E-state index contributed by atoms with van der Waals surface area (Å²) in [7, 11) is -1.85. The summed E-state index contributed by atoms with van der Waals surface area (Å²) in [4.78, 5) is 11.4. The van der Waals surface area contributed by atoms with E-state index in [9.17, 15) is 4.79 Å². The smallest absolute Gasteiger partial charge is 0.120 e. The van der Waals surface area contributed by atoms with Gasteiger partial charge in [-0.2, -0.15) is 0 Å². The Kier molecular flexibility index (Phi) is 5.02. The van der Waals surface area contributed by atoms with Gasteiger partial charge in [-0.25, -0.2) is 0 Å². The van der Waals surface area contributed by atoms with E-state index in [2.05, 4.69) is 33.9 Å². The molecule has 0 amide bonds. The van der Waals surface area contributed by atoms with Crippen molar-refractivity contribution in [1.29, 1.82) is 0 Å². The molecule has 1 fully saturated rings. The third-order valence-corrected chi connectivity index (χ3v) is 12.6. The van der Waals surface area contributed by atoms with Crippen LogP contribution in [0.1, 0.15) is 58.1 Å². The van der Waals surface area contributed by atoms with Crippen molar-refractivity contribution in [2.24, 2.45) is 0 Å². The summed E-state index contributed by atoms with van der Waals surface area (Å²) in [6.45, 7) is 12.6. The zero-order chi connectivity index (χ0) is 16.4. The van der Waals surface area contributed by atoms with Gasteiger partial charge in [0.2, 0.25) is 0 Å². The fraction of sp³-hybridized carbons (Fsp3) is 0.722. The van der Waals surface area contributed by atoms with Gasteiger partial charge in [0.15, 0.2) is 0 Å². The molecule has 0 radical (unpaired) electrons. The van der Waals surface area contributed by atoms with Crippen LogP contribution in [0.4, 0.5) is 0 Å². The van der Waals surface area contributed by atoms with Gasteiger partial charge in [0.05, 0.1) is 19.6 Å². The standard InChI is InChI=1S/C18H30O3Si/c1-17(2,3)22(4,5)18(11-6-7-14-21-18)15(10-12-19)16-9-8-13-20-16/h8-9,12-13,15H,6-7,10-11,14H2,1-5H3. The summed E-state index contributed by atoms with van der Waals surface area (Å²) in [5.74, 6) is 0.931. The zero-order valence-electron chi connectivity index (χ0n) is 14.6. The highest BCUT2D eigenvalue weighted by Crippen LogP contribution is 2.54. The van der Waals surface area contributed by atoms with Gasteiger partial charge in [-0.05, 0) is 36.4 Å². The average molecular weight is 323 g/mol. The van der Waals surface area contributed by atoms with Crippen molar-refractivity contribution in [3.05, 3.63) is 24.2 Å². The average Bonchev–Trinajstić information content (AvgIpc) is 2.98. The van der Waals surface area contributed by atoms with Gasteiger partial charge in [0, 0.05) is 18.9 Å². The molecule has 22 heavy (non-hydrogen) atoms. The first-order valence-corrected chi connectivity index (χ1v) is 11.4. The number of carbonyl (C=O) groups excluding carboxylic acids is 1. The molecule has 0 bridgehead atoms. The van der Waals surface area contributed by atoms with E-state index in [1.54, 1.807) is 6.26 Å². The number of furan rings is 1. The minimum Gasteiger partial charge on any atom is -0.469 e. The topological polar surface area (TPSA) is 39.4 Å². The molecular formula is C18H30O3Si. The quantitative estimate of drug-likeness (QED) is 0.569. The van der Waals surface area contributed by atoms with Crippen molar-refractivity contribution in [2.75, 3.05) is 6.61 Å². The predicted octanol–water partition coefficient (Wildman–Crippen LogP) is 4.94. The Labute approximate surface area is 135 Å². The van der Waals surface area contributed by atoms with Gasteiger partial charge in [-0.15, -0.1) is 0 Å². The van der Waals surface area contributed by atoms with E-state index in [0.29, 0.717) is 6.42 Å². The van der Waals surface area contributed by atoms with Crippen LogP contribution in [0.2, 0.25) is 18.1 Å². The molecule has 1 aliphatic rings. The first-order chi connectivity index (χ1) is 10.3. The molecule has 0 saturated carbocycles. The lowest BCUT2D eigenvalue weighted by atomic mass is 9.90. The SMILES string of the molecule is CC(C)(C)[Si](C)(C)C1(C(CC=O)c2ccco2)CCCCO1. The van der Waals surface area contributed by atoms with Crippen molar-refractivity contribution in [2.45, 2.75) is 75.7 Å². The number of rotatable bonds is 5. The van der Waals surface area contributed by atoms with E-state index >= 15 is 0 Å². The minimum absolute atomic E-state index is 0.0289. The molecule has 1 aromatic rings. The van der Waals surface area contributed by atoms with E-state index < -0.39 is 8.07 Å². The number of ether oxygens (including phenoxy) is 1. The summed E-state index contributed by atoms with van der Waals surface area (Å²) >= 11 is 0. The first kappa shape index (κ1) is 17.5. The van der Waals surface area contributed by atoms with Crippen molar-refractivity contribution < 1.29 is 13.9 Å². The first-order valence-electron chi connectivity index (χ1n) is 8.37. The second-order valence-electron chi connectivity index (χ2n) is 8.04. The van der Waals surface area contributed by atoms with Crippen LogP contribution in [0.3, 0.4) is 0 Å². The maximum atomic E-state index is 11.4. The predicted molar refractivity (Wildman–Crippen MR) is 91.9 cm³/mol. The highest BCUT2D eigenvalue weighted by molar-refractivity contribution is 6.83. The highest BCUT2D eigenvalue weighted by Gasteiger charge is 2.59. The van der Waals surface area contributed by atoms with Crippen LogP contribution in [0.15, 0.2) is 22.8 Å². The second kappa shape index (κ2) is 6.32. The number of hydrogen-bond acceptors (Lipinski definition) is 3. The number of hydrogen-bond donors (Lipinski definition) is 0. The van der Waals surface area contributed by atoms with E-state index in [1.165, 1.54) is 6.42 Å². The zero-order valence-corrected chi connectivity index (χ0v) is 15.6. The molecule has 0 aromatic carbocycles. The lowest BCUT2D eigenvalue weighted by Crippen LogP contribution is -2.65. The van der Waals surface area contributed by atoms with Gasteiger partial charge in [0.25, 0.3) is 0 Å². The molecule has 0 N–H and O–H groups in total. The Hall–Kier alpha value is -0.873. The second-order valence-corrected chi connectivity index (χ2v) is 13.6. The molecule has 1 saturated heterocycles. The largest absolute Gasteiger partial charge is 0.469 e. The Morgan fingerprint density at radius 3 is 2.55 bits per heavy atom. The highest BCUT2D eigenvalue weighted by atomic mass is 28.3. The Balaban J connectivity index is 2.54. The number of carbonyl (C=O) groups is 1. The Bertz CT molecular complexity index is 479. The van der Waals surface area contributed by atoms with Crippen molar-refractivity contribution in [1.82, 2.24) is 0 Å². The maximum Gasteiger partial charge on any atom is 0.120 e. The van der Waals surface area contributed by atoms with Crippen molar-refractivity contribution in [3.63, 3.8) is 0 Å². The van der Waals surface area contributed by atoms with Crippen LogP contribution in [0, 0.1) is 0 Å². The molecule has 1 aliphatic heterocycles. The van der Waals surface area contributed by atoms with Crippen LogP contribution < -0.4 is 0 Å². The molecule has 3 nitrogen and oxygen atoms in total. The monoisotopic (exact) mass is 322 g/mol. The lowest BCUT2D eigenvalue weighted by molar-refractivity contribution is -0.111. The Morgan fingerprint density at radius 2 is 2.09 bits per heavy atom. The molecule has 124 valence electrons. The van der Waals surface area contributed by atoms with Crippen LogP contribution in [-0.2, 0) is 9.53 Å². The van der Waals surface area contributed by atoms with Crippen LogP contribution in [0.25, 0.3) is 0 Å². The van der Waals surface area contributed by atoms with E-state index in [4.69, 9.17) is 9.15 Å². The molecule has 0 spiro atoms. The Morgan fingerprint density at radius 1 is 1.36 bits per heavy atom. The fourth-order valence-corrected chi connectivity index (χ4v) is 7.44. The normalized spacial score (nSPS) is 25.0. The number of aldehydes is 1. The molecule has 2 atom stereocenters.